The molecule has 3 atom stereocenters. The Bertz CT molecular complexity index is 1010. The van der Waals surface area contributed by atoms with Gasteiger partial charge in [-0.2, -0.15) is 0 Å². The molecule has 6 heteroatoms. The Kier molecular flexibility index (Phi) is 7.65. The van der Waals surface area contributed by atoms with E-state index in [9.17, 15) is 8.42 Å². The third kappa shape index (κ3) is 5.52. The smallest absolute Gasteiger partial charge is 0.184 e. The maximum atomic E-state index is 13.8. The zero-order valence-electron chi connectivity index (χ0n) is 19.7. The predicted molar refractivity (Wildman–Crippen MR) is 129 cm³/mol. The topological polar surface area (TPSA) is 65.0 Å². The third-order valence-electron chi connectivity index (χ3n) is 6.14. The number of methoxy groups -OCH3 is 1. The molecule has 0 fully saturated rings. The van der Waals surface area contributed by atoms with E-state index in [1.807, 2.05) is 37.3 Å². The second kappa shape index (κ2) is 10.1. The van der Waals surface area contributed by atoms with Gasteiger partial charge in [0.15, 0.2) is 15.7 Å². The highest BCUT2D eigenvalue weighted by Gasteiger charge is 2.38. The maximum absolute atomic E-state index is 13.8. The molecule has 0 aliphatic carbocycles. The zero-order chi connectivity index (χ0) is 23.4. The van der Waals surface area contributed by atoms with Crippen LogP contribution in [0.25, 0.3) is 0 Å². The zero-order valence-corrected chi connectivity index (χ0v) is 20.6. The van der Waals surface area contributed by atoms with Crippen molar-refractivity contribution in [2.75, 3.05) is 13.7 Å². The maximum Gasteiger partial charge on any atom is 0.184 e. The summed E-state index contributed by atoms with van der Waals surface area (Å²) in [5, 5.41) is -0.580. The average molecular weight is 458 g/mol. The lowest BCUT2D eigenvalue weighted by Gasteiger charge is -2.27. The van der Waals surface area contributed by atoms with Crippen molar-refractivity contribution < 1.29 is 17.9 Å². The van der Waals surface area contributed by atoms with Crippen molar-refractivity contribution in [1.82, 2.24) is 0 Å². The molecule has 0 bridgehead atoms. The quantitative estimate of drug-likeness (QED) is 0.488. The monoisotopic (exact) mass is 457 g/mol. The van der Waals surface area contributed by atoms with Gasteiger partial charge in [-0.3, -0.25) is 0 Å². The molecule has 0 amide bonds. The molecule has 2 aromatic rings. The van der Waals surface area contributed by atoms with Crippen molar-refractivity contribution in [2.24, 2.45) is 10.4 Å². The van der Waals surface area contributed by atoms with Crippen LogP contribution in [-0.4, -0.2) is 39.3 Å². The highest BCUT2D eigenvalue weighted by Crippen LogP contribution is 2.37. The minimum absolute atomic E-state index is 0.00368. The first-order chi connectivity index (χ1) is 15.2. The Balaban J connectivity index is 2.03. The molecule has 1 aliphatic heterocycles. The summed E-state index contributed by atoms with van der Waals surface area (Å²) in [5.74, 6) is 1.12. The van der Waals surface area contributed by atoms with Crippen molar-refractivity contribution in [3.05, 3.63) is 60.2 Å². The van der Waals surface area contributed by atoms with E-state index in [2.05, 4.69) is 20.8 Å². The highest BCUT2D eigenvalue weighted by molar-refractivity contribution is 7.92. The summed E-state index contributed by atoms with van der Waals surface area (Å²) in [7, 11) is -1.93. The fourth-order valence-electron chi connectivity index (χ4n) is 4.12. The fourth-order valence-corrected chi connectivity index (χ4v) is 6.24. The van der Waals surface area contributed by atoms with Gasteiger partial charge in [0.1, 0.15) is 12.4 Å². The van der Waals surface area contributed by atoms with Crippen LogP contribution in [0, 0.1) is 5.41 Å². The van der Waals surface area contributed by atoms with Gasteiger partial charge >= 0.3 is 0 Å². The molecule has 5 nitrogen and oxygen atoms in total. The van der Waals surface area contributed by atoms with E-state index >= 15 is 0 Å². The number of ether oxygens (including phenoxy) is 2. The molecule has 0 radical (unpaired) electrons. The number of nitrogens with zero attached hydrogens (tertiary/aromatic N) is 1. The summed E-state index contributed by atoms with van der Waals surface area (Å²) in [6, 6.07) is 16.5. The van der Waals surface area contributed by atoms with Crippen LogP contribution < -0.4 is 4.74 Å². The van der Waals surface area contributed by atoms with Crippen LogP contribution in [0.3, 0.4) is 0 Å². The number of rotatable bonds is 9. The molecule has 3 rings (SSSR count). The van der Waals surface area contributed by atoms with Crippen LogP contribution >= 0.6 is 0 Å². The highest BCUT2D eigenvalue weighted by atomic mass is 32.2. The summed E-state index contributed by atoms with van der Waals surface area (Å²) in [4.78, 5) is 5.19. The van der Waals surface area contributed by atoms with E-state index in [1.54, 1.807) is 31.4 Å². The van der Waals surface area contributed by atoms with Gasteiger partial charge in [-0.05, 0) is 41.7 Å². The van der Waals surface area contributed by atoms with Crippen LogP contribution in [0.4, 0.5) is 0 Å². The molecule has 0 saturated heterocycles. The Morgan fingerprint density at radius 2 is 1.75 bits per heavy atom. The van der Waals surface area contributed by atoms with E-state index in [0.717, 1.165) is 17.7 Å². The number of hydrogen-bond acceptors (Lipinski definition) is 5. The van der Waals surface area contributed by atoms with Crippen molar-refractivity contribution in [1.29, 1.82) is 0 Å². The van der Waals surface area contributed by atoms with Gasteiger partial charge in [0.25, 0.3) is 0 Å². The summed E-state index contributed by atoms with van der Waals surface area (Å²) in [5.41, 5.74) is 0.949. The minimum atomic E-state index is -3.55. The Morgan fingerprint density at radius 1 is 1.09 bits per heavy atom. The average Bonchev–Trinajstić information content (AvgIpc) is 3.26. The van der Waals surface area contributed by atoms with Crippen LogP contribution in [0.2, 0.25) is 0 Å². The van der Waals surface area contributed by atoms with E-state index in [1.165, 1.54) is 0 Å². The SMILES string of the molecule is CCC[C@@H]([C@H](CC1=N[C@@H](C(C)(C)C)CO1)c1ccc(OC)cc1)S(=O)(=O)c1ccccc1. The molecular weight excluding hydrogens is 422 g/mol. The van der Waals surface area contributed by atoms with Gasteiger partial charge in [0.2, 0.25) is 0 Å². The molecule has 1 heterocycles. The number of hydrogen-bond donors (Lipinski definition) is 0. The van der Waals surface area contributed by atoms with Crippen molar-refractivity contribution in [2.45, 2.75) is 69.1 Å². The summed E-state index contributed by atoms with van der Waals surface area (Å²) in [6.07, 6.45) is 1.78. The standard InChI is InChI=1S/C26H35NO4S/c1-6-10-23(32(28,29)21-11-8-7-9-12-21)22(19-13-15-20(30-5)16-14-19)17-25-27-24(18-31-25)26(2,3)4/h7-9,11-16,22-24H,6,10,17-18H2,1-5H3/t22-,23+,24-/m1/s1. The predicted octanol–water partition coefficient (Wildman–Crippen LogP) is 5.65. The lowest BCUT2D eigenvalue weighted by Crippen LogP contribution is -2.30. The summed E-state index contributed by atoms with van der Waals surface area (Å²) < 4.78 is 38.8. The molecule has 0 spiro atoms. The van der Waals surface area contributed by atoms with Gasteiger partial charge in [-0.1, -0.05) is 64.4 Å². The lowest BCUT2D eigenvalue weighted by molar-refractivity contribution is 0.232. The van der Waals surface area contributed by atoms with Gasteiger partial charge in [-0.25, -0.2) is 13.4 Å². The number of aliphatic imine (C=N–C) groups is 1. The summed E-state index contributed by atoms with van der Waals surface area (Å²) >= 11 is 0. The first-order valence-electron chi connectivity index (χ1n) is 11.3. The fraction of sp³-hybridized carbons (Fsp3) is 0.500. The summed E-state index contributed by atoms with van der Waals surface area (Å²) in [6.45, 7) is 9.01. The second-order valence-electron chi connectivity index (χ2n) is 9.48. The van der Waals surface area contributed by atoms with Crippen LogP contribution in [0.1, 0.15) is 58.4 Å². The van der Waals surface area contributed by atoms with E-state index in [4.69, 9.17) is 14.5 Å². The Morgan fingerprint density at radius 3 is 2.28 bits per heavy atom. The largest absolute Gasteiger partial charge is 0.497 e. The molecule has 0 unspecified atom stereocenters. The molecule has 32 heavy (non-hydrogen) atoms. The van der Waals surface area contributed by atoms with Crippen molar-refractivity contribution in [3.8, 4) is 5.75 Å². The molecule has 0 saturated carbocycles. The minimum Gasteiger partial charge on any atom is -0.497 e. The van der Waals surface area contributed by atoms with Gasteiger partial charge in [0.05, 0.1) is 23.3 Å². The van der Waals surface area contributed by atoms with Gasteiger partial charge in [0, 0.05) is 12.3 Å². The molecular formula is C26H35NO4S. The van der Waals surface area contributed by atoms with Crippen molar-refractivity contribution in [3.63, 3.8) is 0 Å². The van der Waals surface area contributed by atoms with Gasteiger partial charge in [-0.15, -0.1) is 0 Å². The number of sulfone groups is 1. The van der Waals surface area contributed by atoms with Crippen LogP contribution in [0.5, 0.6) is 5.75 Å². The van der Waals surface area contributed by atoms with E-state index in [0.29, 0.717) is 30.2 Å². The first-order valence-corrected chi connectivity index (χ1v) is 12.8. The molecule has 0 N–H and O–H groups in total. The molecule has 1 aliphatic rings. The first kappa shape index (κ1) is 24.3. The van der Waals surface area contributed by atoms with Gasteiger partial charge < -0.3 is 9.47 Å². The molecule has 0 aromatic heterocycles. The Hall–Kier alpha value is -2.34. The molecule has 2 aromatic carbocycles. The van der Waals surface area contributed by atoms with E-state index < -0.39 is 15.1 Å². The van der Waals surface area contributed by atoms with Crippen molar-refractivity contribution >= 4 is 15.7 Å². The normalized spacial score (nSPS) is 18.5. The third-order valence-corrected chi connectivity index (χ3v) is 8.43. The Labute approximate surface area is 192 Å². The molecule has 174 valence electrons. The lowest BCUT2D eigenvalue weighted by atomic mass is 9.88. The number of benzene rings is 2. The van der Waals surface area contributed by atoms with Crippen LogP contribution in [0.15, 0.2) is 64.5 Å². The van der Waals surface area contributed by atoms with Crippen LogP contribution in [-0.2, 0) is 14.6 Å². The van der Waals surface area contributed by atoms with E-state index in [-0.39, 0.29) is 17.4 Å². The second-order valence-corrected chi connectivity index (χ2v) is 11.7.